The second-order valence-electron chi connectivity index (χ2n) is 25.4. The van der Waals surface area contributed by atoms with Gasteiger partial charge >= 0.3 is 5.97 Å². The van der Waals surface area contributed by atoms with Crippen molar-refractivity contribution in [3.05, 3.63) is 171 Å². The van der Waals surface area contributed by atoms with E-state index in [1.54, 1.807) is 135 Å². The van der Waals surface area contributed by atoms with Gasteiger partial charge in [-0.15, -0.1) is 0 Å². The first-order valence-electron chi connectivity index (χ1n) is 32.6. The van der Waals surface area contributed by atoms with Gasteiger partial charge in [-0.1, -0.05) is 6.92 Å². The Bertz CT molecular complexity index is 4920. The number of fused-ring (bicyclic) bond motifs is 5. The Hall–Kier alpha value is -12.1. The second-order valence-corrected chi connectivity index (χ2v) is 25.4. The van der Waals surface area contributed by atoms with Gasteiger partial charge in [-0.25, -0.2) is 9.78 Å². The van der Waals surface area contributed by atoms with Crippen molar-refractivity contribution in [3.8, 4) is 11.4 Å². The molecule has 2 aliphatic rings. The van der Waals surface area contributed by atoms with E-state index in [-0.39, 0.29) is 121 Å². The molecule has 0 fully saturated rings. The first-order valence-corrected chi connectivity index (χ1v) is 32.6. The zero-order valence-electron chi connectivity index (χ0n) is 57.2. The summed E-state index contributed by atoms with van der Waals surface area (Å²) in [6.45, 7) is 3.27. The summed E-state index contributed by atoms with van der Waals surface area (Å²) in [5.74, 6) is -4.58. The number of pyridine rings is 2. The van der Waals surface area contributed by atoms with Gasteiger partial charge in [0.2, 0.25) is 11.8 Å². The molecule has 9 amide bonds. The quantitative estimate of drug-likeness (QED) is 0.0249. The van der Waals surface area contributed by atoms with E-state index in [1.807, 2.05) is 25.1 Å². The van der Waals surface area contributed by atoms with E-state index in [9.17, 15) is 57.8 Å². The number of aryl methyl sites for hydroxylation is 6. The molecule has 101 heavy (non-hydrogen) atoms. The molecule has 10 N–H and O–H groups in total. The summed E-state index contributed by atoms with van der Waals surface area (Å²) in [4.78, 5) is 152. The van der Waals surface area contributed by atoms with E-state index in [0.717, 1.165) is 18.5 Å². The van der Waals surface area contributed by atoms with Crippen LogP contribution in [-0.2, 0) is 80.2 Å². The average molecular weight is 1380 g/mol. The molecule has 9 aromatic rings. The number of amides is 9. The Morgan fingerprint density at radius 1 is 0.515 bits per heavy atom. The van der Waals surface area contributed by atoms with Crippen molar-refractivity contribution in [1.82, 2.24) is 57.8 Å². The average Bonchev–Trinajstić information content (AvgIpc) is 1.65. The topological polar surface area (TPSA) is 376 Å². The lowest BCUT2D eigenvalue weighted by atomic mass is 9.86. The number of nitrogens with one attached hydrogen (secondary N) is 9. The van der Waals surface area contributed by atoms with Crippen LogP contribution in [0.4, 0.5) is 34.1 Å². The van der Waals surface area contributed by atoms with Crippen LogP contribution in [0.25, 0.3) is 22.3 Å². The normalized spacial score (nSPS) is 13.6. The van der Waals surface area contributed by atoms with Crippen molar-refractivity contribution in [2.24, 2.45) is 42.3 Å². The fraction of sp³-hybridized carbons (Fsp3) is 0.314. The molecule has 0 unspecified atom stereocenters. The lowest BCUT2D eigenvalue weighted by Gasteiger charge is -2.31. The van der Waals surface area contributed by atoms with Gasteiger partial charge in [0.1, 0.15) is 40.8 Å². The van der Waals surface area contributed by atoms with E-state index in [0.29, 0.717) is 80.6 Å². The Balaban J connectivity index is 0.586. The smallest absolute Gasteiger partial charge is 0.343 e. The third-order valence-electron chi connectivity index (χ3n) is 17.6. The first-order chi connectivity index (χ1) is 48.1. The summed E-state index contributed by atoms with van der Waals surface area (Å²) >= 11 is 0. The highest BCUT2D eigenvalue weighted by atomic mass is 16.6. The number of esters is 1. The SMILES string of the molecule is CC[C@]1(O)C(=O)OCc2c1cc1n(c2=O)Cc2cc3cc(C(=O)NCCCC(=O)Nc4cc(C(=O)Nc5cc(C(=O)Nc6cc(C(=O)NCCCC(=O)Nc7cc(C(=O)Nc8cc(C(=O)Nc9cc(C(=O)NCCCN(C)C)n(C)c9)n(C)c8)n(C)c7)n(C)c6)n(C)c5)n(C)c4)ccc3nc2-1. The number of carbonyl (C=O) groups is 10. The van der Waals surface area contributed by atoms with Crippen LogP contribution in [0.1, 0.15) is 135 Å². The maximum atomic E-state index is 13.6. The number of carbonyl (C=O) groups excluding carboxylic acids is 10. The predicted molar refractivity (Wildman–Crippen MR) is 375 cm³/mol. The molecule has 10 heterocycles. The Labute approximate surface area is 578 Å². The highest BCUT2D eigenvalue weighted by Gasteiger charge is 2.45. The van der Waals surface area contributed by atoms with Gasteiger partial charge in [0.15, 0.2) is 5.60 Å². The van der Waals surface area contributed by atoms with Crippen LogP contribution in [0.3, 0.4) is 0 Å². The summed E-state index contributed by atoms with van der Waals surface area (Å²) in [5.41, 5.74) is 4.41. The molecule has 0 radical (unpaired) electrons. The summed E-state index contributed by atoms with van der Waals surface area (Å²) in [7, 11) is 13.8. The molecule has 0 bridgehead atoms. The lowest BCUT2D eigenvalue weighted by molar-refractivity contribution is -0.172. The zero-order chi connectivity index (χ0) is 72.3. The van der Waals surface area contributed by atoms with Crippen LogP contribution in [-0.4, -0.2) is 146 Å². The fourth-order valence-corrected chi connectivity index (χ4v) is 12.3. The highest BCUT2D eigenvalue weighted by molar-refractivity contribution is 6.10. The number of cyclic esters (lactones) is 1. The number of anilines is 6. The maximum Gasteiger partial charge on any atom is 0.343 e. The molecule has 31 heteroatoms. The monoisotopic (exact) mass is 1380 g/mol. The van der Waals surface area contributed by atoms with Gasteiger partial charge in [-0.2, -0.15) is 0 Å². The molecule has 1 aromatic carbocycles. The predicted octanol–water partition coefficient (Wildman–Crippen LogP) is 5.10. The number of aromatic nitrogens is 8. The van der Waals surface area contributed by atoms with Gasteiger partial charge in [0.25, 0.3) is 46.9 Å². The highest BCUT2D eigenvalue weighted by Crippen LogP contribution is 2.39. The molecule has 0 aliphatic carbocycles. The number of benzene rings is 1. The Morgan fingerprint density at radius 3 is 1.33 bits per heavy atom. The van der Waals surface area contributed by atoms with Crippen LogP contribution < -0.4 is 53.4 Å². The molecule has 0 spiro atoms. The molecule has 2 aliphatic heterocycles. The van der Waals surface area contributed by atoms with Crippen LogP contribution in [0.5, 0.6) is 0 Å². The van der Waals surface area contributed by atoms with Crippen molar-refractivity contribution in [1.29, 1.82) is 0 Å². The molecule has 526 valence electrons. The van der Waals surface area contributed by atoms with Crippen LogP contribution in [0, 0.1) is 0 Å². The van der Waals surface area contributed by atoms with Crippen LogP contribution >= 0.6 is 0 Å². The minimum atomic E-state index is -1.95. The van der Waals surface area contributed by atoms with Gasteiger partial charge in [-0.05, 0) is 113 Å². The summed E-state index contributed by atoms with van der Waals surface area (Å²) in [5, 5.41) is 37.1. The van der Waals surface area contributed by atoms with Crippen LogP contribution in [0.15, 0.2) is 109 Å². The van der Waals surface area contributed by atoms with Crippen molar-refractivity contribution < 1.29 is 57.8 Å². The van der Waals surface area contributed by atoms with E-state index >= 15 is 0 Å². The minimum Gasteiger partial charge on any atom is -0.458 e. The zero-order valence-corrected chi connectivity index (χ0v) is 57.2. The Morgan fingerprint density at radius 2 is 0.911 bits per heavy atom. The maximum absolute atomic E-state index is 13.6. The summed E-state index contributed by atoms with van der Waals surface area (Å²) in [6, 6.07) is 17.6. The van der Waals surface area contributed by atoms with Gasteiger partial charge in [-0.3, -0.25) is 47.9 Å². The van der Waals surface area contributed by atoms with Crippen LogP contribution in [0.2, 0.25) is 0 Å². The van der Waals surface area contributed by atoms with Gasteiger partial charge in [0.05, 0.1) is 63.1 Å². The third kappa shape index (κ3) is 15.3. The Kier molecular flexibility index (Phi) is 20.3. The number of rotatable bonds is 26. The number of aliphatic hydroxyl groups is 1. The van der Waals surface area contributed by atoms with E-state index in [1.165, 1.54) is 44.0 Å². The molecular formula is C70H78N18O13. The van der Waals surface area contributed by atoms with E-state index in [4.69, 9.17) is 9.72 Å². The van der Waals surface area contributed by atoms with Crippen molar-refractivity contribution >= 4 is 104 Å². The fourth-order valence-electron chi connectivity index (χ4n) is 12.3. The molecule has 8 aromatic heterocycles. The molecular weight excluding hydrogens is 1300 g/mol. The number of ether oxygens (including phenoxy) is 1. The standard InChI is InChI=1S/C70H78N18O13/c1-10-70(100)49-30-51-60-41(31-88(51)68(98)48(49)38-101-69(70)99)23-40-22-39(16-17-50(40)80-60)61(91)71-18-11-14-58(89)74-42-24-54(84(6)32-42)64(94)78-46-28-56(86(8)36-46)66(96)76-44-26-52(82(4)34-44)62(92)72-19-12-15-59(90)75-43-25-55(85(7)33-43)65(95)79-47-29-57(87(9)37-47)67(97)77-45-27-53(83(5)35-45)63(93)73-20-13-21-81(2)3/h16-17,22-30,32-37,100H,10-15,18-21,31,38H2,1-9H3,(H,71,91)(H,72,92)(H,73,93)(H,74,89)(H,75,90)(H,76,96)(H,77,97)(H,78,94)(H,79,95)/t70-/m1/s1. The molecule has 0 saturated heterocycles. The van der Waals surface area contributed by atoms with E-state index in [2.05, 4.69) is 47.9 Å². The van der Waals surface area contributed by atoms with Gasteiger partial charge in [0, 0.05) is 134 Å². The molecule has 11 rings (SSSR count). The molecule has 31 nitrogen and oxygen atoms in total. The lowest BCUT2D eigenvalue weighted by Crippen LogP contribution is -2.44. The largest absolute Gasteiger partial charge is 0.458 e. The van der Waals surface area contributed by atoms with Crippen molar-refractivity contribution in [3.63, 3.8) is 0 Å². The van der Waals surface area contributed by atoms with Crippen molar-refractivity contribution in [2.45, 2.75) is 64.2 Å². The third-order valence-corrected chi connectivity index (χ3v) is 17.6. The first kappa shape index (κ1) is 70.2. The van der Waals surface area contributed by atoms with E-state index < -0.39 is 41.1 Å². The van der Waals surface area contributed by atoms with Crippen molar-refractivity contribution in [2.75, 3.05) is 72.2 Å². The number of nitrogens with zero attached hydrogens (tertiary/aromatic N) is 9. The number of hydrogen-bond acceptors (Lipinski definition) is 15. The molecule has 0 saturated carbocycles. The summed E-state index contributed by atoms with van der Waals surface area (Å²) < 4.78 is 16.0. The summed E-state index contributed by atoms with van der Waals surface area (Å²) in [6.07, 6.45) is 11.0. The minimum absolute atomic E-state index is 0.0249. The van der Waals surface area contributed by atoms with Gasteiger partial charge < -0.3 is 94.6 Å². The molecule has 1 atom stereocenters. The second kappa shape index (κ2) is 29.1. The number of hydrogen-bond donors (Lipinski definition) is 10.